The standard InChI is InChI=1S/2C14H28N2O3.C9H17NO3.2C9H15NO2.C5H13NO.C4H11NO/c2*1-7-11(2)12(17)15-14(3,4)13(18)19-10-8-9-16(5)6;1-5-6(2)7(11)10-9(3,4)8(12)13;2*1-5-6(2)7-10-9(3,4)8(11)12-7;1-6(2)4-3-5-7;1-5(2)3-4-6/h2*11H,7-10H2,1-6H3,(H,15,17);6H,5H2,1-4H3,(H,10,11)(H,12,13);2*6H,5H2,1-4H3;7H,3-5H2,1-2H3;6H,3-4H2,1-2H3/p+2. The molecule has 0 aromatic rings. The first kappa shape index (κ1) is 91.6. The number of hydrogen-bond acceptors (Lipinski definition) is 18. The summed E-state index contributed by atoms with van der Waals surface area (Å²) >= 11 is 0. The van der Waals surface area contributed by atoms with Gasteiger partial charge in [0, 0.05) is 49.0 Å². The smallest absolute Gasteiger partial charge is 0.340 e. The molecule has 24 heteroatoms. The average Bonchev–Trinajstić information content (AvgIpc) is 2.36. The number of ether oxygens (including phenoxy) is 4. The van der Waals surface area contributed by atoms with Crippen LogP contribution < -0.4 is 35.8 Å². The Morgan fingerprint density at radius 2 is 0.830 bits per heavy atom. The number of aliphatic carboxylic acids is 1. The molecular formula is C64H129N9O15+2. The Kier molecular flexibility index (Phi) is 48.8. The van der Waals surface area contributed by atoms with E-state index in [0.29, 0.717) is 44.6 Å². The predicted octanol–water partition coefficient (Wildman–Crippen LogP) is 1.27. The van der Waals surface area contributed by atoms with Gasteiger partial charge in [-0.25, -0.2) is 29.2 Å². The van der Waals surface area contributed by atoms with Crippen LogP contribution in [0.4, 0.5) is 0 Å². The number of hydrogen-bond donors (Lipinski definition) is 8. The fourth-order valence-corrected chi connectivity index (χ4v) is 6.05. The Bertz CT molecular complexity index is 1980. The highest BCUT2D eigenvalue weighted by atomic mass is 16.6. The van der Waals surface area contributed by atoms with Crippen LogP contribution in [0.25, 0.3) is 0 Å². The van der Waals surface area contributed by atoms with E-state index in [2.05, 4.69) is 59.0 Å². The number of likely N-dealkylation sites (N-methyl/N-ethyl adjacent to an activating group) is 1. The third-order valence-electron chi connectivity index (χ3n) is 13.7. The summed E-state index contributed by atoms with van der Waals surface area (Å²) in [6.07, 6.45) is 6.62. The SMILES string of the molecule is CCC(C)C(=O)NC(C)(C)C(=O)OCCC[NH+](C)C.CCC(C)C(=O)NC(C)(C)C(=O)OCCC[NH+](C)C.CCC(C)C(=O)NC(C)(C)C(=O)[O-].CCC(C)C1=NC(C)(C)C(=O)O1.CCC(C)C1=NC(C)(C)C(=O)O1.CN(C)CCCO.C[NH+](C)CCO. The molecule has 5 atom stereocenters. The second-order valence-corrected chi connectivity index (χ2v) is 26.4. The maximum absolute atomic E-state index is 11.9. The van der Waals surface area contributed by atoms with Crippen molar-refractivity contribution in [3.05, 3.63) is 0 Å². The Hall–Kier alpha value is -5.14. The number of esters is 4. The fourth-order valence-electron chi connectivity index (χ4n) is 6.05. The third kappa shape index (κ3) is 43.5. The molecule has 24 nitrogen and oxygen atoms in total. The topological polar surface area (TPSA) is 314 Å². The molecule has 2 aliphatic rings. The minimum Gasteiger partial charge on any atom is -0.548 e. The van der Waals surface area contributed by atoms with E-state index < -0.39 is 33.7 Å². The van der Waals surface area contributed by atoms with Crippen LogP contribution in [0.3, 0.4) is 0 Å². The zero-order valence-corrected chi connectivity index (χ0v) is 60.2. The van der Waals surface area contributed by atoms with Crippen molar-refractivity contribution >= 4 is 59.4 Å². The van der Waals surface area contributed by atoms with Crippen LogP contribution in [0.15, 0.2) is 9.98 Å². The molecule has 0 aliphatic carbocycles. The van der Waals surface area contributed by atoms with E-state index >= 15 is 0 Å². The number of carboxylic acid groups (broad SMARTS) is 1. The van der Waals surface area contributed by atoms with E-state index in [1.54, 1.807) is 62.3 Å². The van der Waals surface area contributed by atoms with Crippen molar-refractivity contribution in [3.8, 4) is 0 Å². The van der Waals surface area contributed by atoms with Gasteiger partial charge in [-0.15, -0.1) is 0 Å². The highest BCUT2D eigenvalue weighted by molar-refractivity contribution is 6.01. The van der Waals surface area contributed by atoms with Crippen molar-refractivity contribution < 1.29 is 87.3 Å². The van der Waals surface area contributed by atoms with Gasteiger partial charge in [0.25, 0.3) is 0 Å². The van der Waals surface area contributed by atoms with Gasteiger partial charge in [-0.05, 0) is 128 Å². The zero-order valence-electron chi connectivity index (χ0n) is 60.2. The first-order chi connectivity index (χ1) is 40.2. The molecule has 2 aliphatic heterocycles. The van der Waals surface area contributed by atoms with Gasteiger partial charge < -0.3 is 74.6 Å². The number of aliphatic hydroxyl groups excluding tert-OH is 2. The molecule has 0 saturated heterocycles. The molecule has 5 unspecified atom stereocenters. The second-order valence-electron chi connectivity index (χ2n) is 26.4. The van der Waals surface area contributed by atoms with Crippen LogP contribution in [-0.4, -0.2) is 211 Å². The molecular weight excluding hydrogens is 1130 g/mol. The molecule has 2 heterocycles. The molecule has 518 valence electrons. The number of aliphatic hydroxyl groups is 2. The average molecular weight is 1260 g/mol. The van der Waals surface area contributed by atoms with Gasteiger partial charge in [-0.2, -0.15) is 0 Å². The lowest BCUT2D eigenvalue weighted by Crippen LogP contribution is -3.06. The molecule has 8 N–H and O–H groups in total. The van der Waals surface area contributed by atoms with Gasteiger partial charge in [0.05, 0.1) is 86.7 Å². The van der Waals surface area contributed by atoms with Crippen LogP contribution >= 0.6 is 0 Å². The molecule has 0 saturated carbocycles. The number of carbonyl (C=O) groups is 8. The van der Waals surface area contributed by atoms with E-state index in [1.807, 2.05) is 90.5 Å². The van der Waals surface area contributed by atoms with Gasteiger partial charge >= 0.3 is 23.9 Å². The summed E-state index contributed by atoms with van der Waals surface area (Å²) < 4.78 is 20.5. The van der Waals surface area contributed by atoms with Crippen molar-refractivity contribution in [2.75, 3.05) is 109 Å². The van der Waals surface area contributed by atoms with Crippen molar-refractivity contribution in [1.82, 2.24) is 20.9 Å². The van der Waals surface area contributed by atoms with Gasteiger partial charge in [0.1, 0.15) is 17.6 Å². The van der Waals surface area contributed by atoms with E-state index in [0.717, 1.165) is 71.1 Å². The number of aliphatic imine (C=N–C) groups is 2. The maximum atomic E-state index is 11.9. The summed E-state index contributed by atoms with van der Waals surface area (Å²) in [7, 11) is 16.2. The summed E-state index contributed by atoms with van der Waals surface area (Å²) in [6.45, 7) is 41.0. The van der Waals surface area contributed by atoms with Crippen molar-refractivity contribution in [2.24, 2.45) is 39.6 Å². The molecule has 88 heavy (non-hydrogen) atoms. The van der Waals surface area contributed by atoms with Crippen LogP contribution in [0.1, 0.15) is 190 Å². The summed E-state index contributed by atoms with van der Waals surface area (Å²) in [5.41, 5.74) is -4.56. The van der Waals surface area contributed by atoms with Crippen molar-refractivity contribution in [1.29, 1.82) is 0 Å². The van der Waals surface area contributed by atoms with Crippen LogP contribution in [0.2, 0.25) is 0 Å². The fraction of sp³-hybridized carbons (Fsp3) is 0.844. The summed E-state index contributed by atoms with van der Waals surface area (Å²) in [4.78, 5) is 106. The lowest BCUT2D eigenvalue weighted by molar-refractivity contribution is -0.858. The largest absolute Gasteiger partial charge is 0.548 e. The second kappa shape index (κ2) is 46.9. The molecule has 2 rings (SSSR count). The number of nitrogens with one attached hydrogen (secondary N) is 6. The predicted molar refractivity (Wildman–Crippen MR) is 346 cm³/mol. The van der Waals surface area contributed by atoms with Crippen molar-refractivity contribution in [3.63, 3.8) is 0 Å². The minimum absolute atomic E-state index is 0.0931. The molecule has 0 radical (unpaired) electrons. The molecule has 3 amide bonds. The molecule has 0 aromatic carbocycles. The van der Waals surface area contributed by atoms with Gasteiger partial charge in [0.15, 0.2) is 22.9 Å². The highest BCUT2D eigenvalue weighted by Gasteiger charge is 2.39. The Balaban J connectivity index is -0.000000313. The van der Waals surface area contributed by atoms with Gasteiger partial charge in [0.2, 0.25) is 17.7 Å². The van der Waals surface area contributed by atoms with E-state index in [1.165, 1.54) is 28.5 Å². The van der Waals surface area contributed by atoms with E-state index in [9.17, 15) is 43.5 Å². The summed E-state index contributed by atoms with van der Waals surface area (Å²) in [5, 5.41) is 34.9. The molecule has 0 aromatic heterocycles. The number of carboxylic acids is 1. The highest BCUT2D eigenvalue weighted by Crippen LogP contribution is 2.24. The maximum Gasteiger partial charge on any atom is 0.340 e. The lowest BCUT2D eigenvalue weighted by atomic mass is 10.0. The number of nitrogens with zero attached hydrogens (tertiary/aromatic N) is 3. The quantitative estimate of drug-likeness (QED) is 0.0297. The number of cyclic esters (lactones) is 2. The zero-order chi connectivity index (χ0) is 70.1. The first-order valence-corrected chi connectivity index (χ1v) is 31.6. The number of rotatable bonds is 29. The minimum atomic E-state index is -1.29. The lowest BCUT2D eigenvalue weighted by Gasteiger charge is -2.28. The first-order valence-electron chi connectivity index (χ1n) is 31.6. The summed E-state index contributed by atoms with van der Waals surface area (Å²) in [6, 6.07) is 0. The Morgan fingerprint density at radius 3 is 1.01 bits per heavy atom. The van der Waals surface area contributed by atoms with Crippen LogP contribution in [0, 0.1) is 29.6 Å². The van der Waals surface area contributed by atoms with Crippen LogP contribution in [-0.2, 0) is 57.3 Å². The summed E-state index contributed by atoms with van der Waals surface area (Å²) in [5.74, 6) is -1.66. The molecule has 0 bridgehead atoms. The van der Waals surface area contributed by atoms with E-state index in [4.69, 9.17) is 29.2 Å². The number of quaternary nitrogens is 3. The number of amides is 3. The Morgan fingerprint density at radius 1 is 0.534 bits per heavy atom. The Labute approximate surface area is 531 Å². The normalized spacial score (nSPS) is 15.6. The van der Waals surface area contributed by atoms with Crippen LogP contribution in [0.5, 0.6) is 0 Å². The van der Waals surface area contributed by atoms with E-state index in [-0.39, 0.29) is 71.2 Å². The molecule has 0 spiro atoms. The third-order valence-corrected chi connectivity index (χ3v) is 13.7. The monoisotopic (exact) mass is 1260 g/mol. The van der Waals surface area contributed by atoms with Gasteiger partial charge in [-0.3, -0.25) is 14.4 Å². The van der Waals surface area contributed by atoms with Gasteiger partial charge in [-0.1, -0.05) is 69.2 Å². The van der Waals surface area contributed by atoms with Crippen molar-refractivity contribution in [2.45, 2.75) is 218 Å². The number of carbonyl (C=O) groups excluding carboxylic acids is 8. The molecule has 0 fully saturated rings.